The Morgan fingerprint density at radius 1 is 0.727 bits per heavy atom. The minimum atomic E-state index is -1.28. The summed E-state index contributed by atoms with van der Waals surface area (Å²) >= 11 is 1.42. The molecule has 0 radical (unpaired) electrons. The van der Waals surface area contributed by atoms with Crippen molar-refractivity contribution >= 4 is 47.3 Å². The fourth-order valence-electron chi connectivity index (χ4n) is 4.22. The van der Waals surface area contributed by atoms with Crippen LogP contribution >= 0.6 is 11.8 Å². The summed E-state index contributed by atoms with van der Waals surface area (Å²) in [5.74, 6) is -4.42. The van der Waals surface area contributed by atoms with Gasteiger partial charge in [0.15, 0.2) is 0 Å². The highest BCUT2D eigenvalue weighted by Gasteiger charge is 2.33. The molecule has 0 aromatic rings. The molecule has 254 valence electrons. The summed E-state index contributed by atoms with van der Waals surface area (Å²) in [6, 6.07) is -5.44. The lowest BCUT2D eigenvalue weighted by atomic mass is 9.96. The van der Waals surface area contributed by atoms with Crippen LogP contribution < -0.4 is 44.2 Å². The Bertz CT molecular complexity index is 926. The second-order valence-corrected chi connectivity index (χ2v) is 11.8. The van der Waals surface area contributed by atoms with Gasteiger partial charge in [-0.3, -0.25) is 24.0 Å². The van der Waals surface area contributed by atoms with Crippen LogP contribution in [0.2, 0.25) is 0 Å². The van der Waals surface area contributed by atoms with Crippen molar-refractivity contribution < 1.29 is 33.9 Å². The van der Waals surface area contributed by atoms with Crippen LogP contribution in [0.4, 0.5) is 0 Å². The number of aliphatic carboxylic acids is 1. The maximum Gasteiger partial charge on any atom is 0.326 e. The van der Waals surface area contributed by atoms with Gasteiger partial charge in [-0.05, 0) is 76.0 Å². The molecule has 0 heterocycles. The maximum absolute atomic E-state index is 13.4. The normalized spacial score (nSPS) is 15.1. The van der Waals surface area contributed by atoms with Gasteiger partial charge >= 0.3 is 5.97 Å². The summed E-state index contributed by atoms with van der Waals surface area (Å²) in [6.45, 7) is 4.45. The molecular formula is C28H54N8O7S. The summed E-state index contributed by atoms with van der Waals surface area (Å²) in [6.07, 6.45) is 5.08. The fourth-order valence-corrected chi connectivity index (χ4v) is 4.69. The largest absolute Gasteiger partial charge is 0.480 e. The van der Waals surface area contributed by atoms with E-state index in [2.05, 4.69) is 21.3 Å². The molecule has 44 heavy (non-hydrogen) atoms. The molecule has 6 atom stereocenters. The van der Waals surface area contributed by atoms with Gasteiger partial charge in [0.1, 0.15) is 24.2 Å². The molecule has 0 spiro atoms. The quantitative estimate of drug-likeness (QED) is 0.0524. The van der Waals surface area contributed by atoms with Crippen LogP contribution in [0.1, 0.15) is 78.1 Å². The molecule has 0 aromatic heterocycles. The number of unbranched alkanes of at least 4 members (excludes halogenated alkanes) is 2. The van der Waals surface area contributed by atoms with Crippen LogP contribution in [-0.2, 0) is 28.8 Å². The molecule has 13 N–H and O–H groups in total. The third-order valence-electron chi connectivity index (χ3n) is 7.22. The van der Waals surface area contributed by atoms with Gasteiger partial charge in [-0.1, -0.05) is 26.7 Å². The predicted molar refractivity (Wildman–Crippen MR) is 170 cm³/mol. The van der Waals surface area contributed by atoms with E-state index >= 15 is 0 Å². The SMILES string of the molecule is CC[C@H](C)[C@H](NC(=O)[C@@H](N)CCCCN)C(=O)N[C@@H](CCC(N)=O)C(=O)N[C@@H](CCSC)C(=O)N[C@@H](CCCCN)C(=O)O. The molecule has 0 bridgehead atoms. The molecule has 0 aliphatic rings. The maximum atomic E-state index is 13.4. The Morgan fingerprint density at radius 3 is 1.75 bits per heavy atom. The summed E-state index contributed by atoms with van der Waals surface area (Å²) in [4.78, 5) is 76.0. The molecule has 16 heteroatoms. The number of carboxylic acids is 1. The van der Waals surface area contributed by atoms with Crippen molar-refractivity contribution in [1.82, 2.24) is 21.3 Å². The molecule has 15 nitrogen and oxygen atoms in total. The van der Waals surface area contributed by atoms with Gasteiger partial charge in [0.05, 0.1) is 6.04 Å². The summed E-state index contributed by atoms with van der Waals surface area (Å²) < 4.78 is 0. The zero-order chi connectivity index (χ0) is 33.7. The minimum absolute atomic E-state index is 0.165. The first-order valence-corrected chi connectivity index (χ1v) is 16.6. The number of thioether (sulfide) groups is 1. The number of nitrogens with one attached hydrogen (secondary N) is 4. The fraction of sp³-hybridized carbons (Fsp3) is 0.786. The number of primary amides is 1. The van der Waals surface area contributed by atoms with E-state index in [1.165, 1.54) is 11.8 Å². The molecular weight excluding hydrogens is 592 g/mol. The van der Waals surface area contributed by atoms with Crippen LogP contribution in [0.5, 0.6) is 0 Å². The van der Waals surface area contributed by atoms with Crippen molar-refractivity contribution in [2.45, 2.75) is 108 Å². The highest BCUT2D eigenvalue weighted by Crippen LogP contribution is 2.11. The Balaban J connectivity index is 5.86. The van der Waals surface area contributed by atoms with Gasteiger partial charge in [0, 0.05) is 6.42 Å². The van der Waals surface area contributed by atoms with E-state index in [-0.39, 0.29) is 31.6 Å². The second kappa shape index (κ2) is 23.4. The van der Waals surface area contributed by atoms with Crippen molar-refractivity contribution in [3.63, 3.8) is 0 Å². The average Bonchev–Trinajstić information content (AvgIpc) is 2.98. The van der Waals surface area contributed by atoms with Crippen molar-refractivity contribution in [3.05, 3.63) is 0 Å². The van der Waals surface area contributed by atoms with E-state index in [0.29, 0.717) is 57.4 Å². The lowest BCUT2D eigenvalue weighted by Gasteiger charge is -2.28. The zero-order valence-corrected chi connectivity index (χ0v) is 27.1. The number of hydrogen-bond acceptors (Lipinski definition) is 10. The predicted octanol–water partition coefficient (Wildman–Crippen LogP) is -1.34. The third kappa shape index (κ3) is 16.8. The van der Waals surface area contributed by atoms with Gasteiger partial charge < -0.3 is 49.3 Å². The first kappa shape index (κ1) is 41.0. The molecule has 0 saturated heterocycles. The van der Waals surface area contributed by atoms with E-state index in [1.807, 2.05) is 13.2 Å². The first-order chi connectivity index (χ1) is 20.8. The highest BCUT2D eigenvalue weighted by molar-refractivity contribution is 7.98. The number of amides is 5. The molecule has 0 aromatic carbocycles. The molecule has 0 unspecified atom stereocenters. The number of rotatable bonds is 25. The van der Waals surface area contributed by atoms with E-state index in [9.17, 15) is 33.9 Å². The van der Waals surface area contributed by atoms with Gasteiger partial charge in [-0.25, -0.2) is 4.79 Å². The standard InChI is InChI=1S/C28H54N8O7S/c1-4-17(2)23(36-24(38)18(31)9-5-7-14-29)27(41)34-19(11-12-22(32)37)25(39)33-20(13-16-44-3)26(40)35-21(28(42)43)10-6-8-15-30/h17-21,23H,4-16,29-31H2,1-3H3,(H2,32,37)(H,33,39)(H,34,41)(H,35,40)(H,36,38)(H,42,43)/t17-,18-,19-,20-,21-,23-/m0/s1. The number of carboxylic acid groups (broad SMARTS) is 1. The number of carbonyl (C=O) groups excluding carboxylic acids is 5. The van der Waals surface area contributed by atoms with E-state index in [0.717, 1.165) is 0 Å². The molecule has 0 saturated carbocycles. The van der Waals surface area contributed by atoms with Crippen molar-refractivity contribution in [3.8, 4) is 0 Å². The Hall–Kier alpha value is -2.95. The van der Waals surface area contributed by atoms with Crippen LogP contribution in [0, 0.1) is 5.92 Å². The topological polar surface area (TPSA) is 275 Å². The summed E-state index contributed by atoms with van der Waals surface area (Å²) in [5, 5.41) is 19.9. The van der Waals surface area contributed by atoms with Crippen LogP contribution in [0.25, 0.3) is 0 Å². The average molecular weight is 647 g/mol. The summed E-state index contributed by atoms with van der Waals surface area (Å²) in [5.41, 5.74) is 22.3. The zero-order valence-electron chi connectivity index (χ0n) is 26.3. The number of carbonyl (C=O) groups is 6. The lowest BCUT2D eigenvalue weighted by molar-refractivity contribution is -0.142. The highest BCUT2D eigenvalue weighted by atomic mass is 32.2. The van der Waals surface area contributed by atoms with Crippen LogP contribution in [0.15, 0.2) is 0 Å². The Morgan fingerprint density at radius 2 is 1.25 bits per heavy atom. The third-order valence-corrected chi connectivity index (χ3v) is 7.86. The monoisotopic (exact) mass is 646 g/mol. The molecule has 0 aliphatic carbocycles. The van der Waals surface area contributed by atoms with Gasteiger partial charge in [0.2, 0.25) is 29.5 Å². The van der Waals surface area contributed by atoms with Crippen molar-refractivity contribution in [2.24, 2.45) is 28.9 Å². The van der Waals surface area contributed by atoms with E-state index in [4.69, 9.17) is 22.9 Å². The molecule has 0 rings (SSSR count). The lowest BCUT2D eigenvalue weighted by Crippen LogP contribution is -2.59. The Labute approximate surface area is 264 Å². The van der Waals surface area contributed by atoms with E-state index in [1.54, 1.807) is 6.92 Å². The van der Waals surface area contributed by atoms with E-state index < -0.39 is 65.7 Å². The van der Waals surface area contributed by atoms with Crippen molar-refractivity contribution in [1.29, 1.82) is 0 Å². The molecule has 0 aliphatic heterocycles. The van der Waals surface area contributed by atoms with Crippen molar-refractivity contribution in [2.75, 3.05) is 25.1 Å². The van der Waals surface area contributed by atoms with Gasteiger partial charge in [-0.2, -0.15) is 11.8 Å². The van der Waals surface area contributed by atoms with Crippen LogP contribution in [-0.4, -0.2) is 95.9 Å². The van der Waals surface area contributed by atoms with Crippen LogP contribution in [0.3, 0.4) is 0 Å². The first-order valence-electron chi connectivity index (χ1n) is 15.2. The number of nitrogens with two attached hydrogens (primary N) is 4. The van der Waals surface area contributed by atoms with Gasteiger partial charge in [-0.15, -0.1) is 0 Å². The minimum Gasteiger partial charge on any atom is -0.480 e. The Kier molecular flexibility index (Phi) is 21.9. The molecule has 5 amide bonds. The smallest absolute Gasteiger partial charge is 0.326 e. The molecule has 0 fully saturated rings. The van der Waals surface area contributed by atoms with Gasteiger partial charge in [0.25, 0.3) is 0 Å². The second-order valence-electron chi connectivity index (χ2n) is 10.9. The number of hydrogen-bond donors (Lipinski definition) is 9. The summed E-state index contributed by atoms with van der Waals surface area (Å²) in [7, 11) is 0.